The molecule has 0 heterocycles. The Labute approximate surface area is 119 Å². The zero-order chi connectivity index (χ0) is 13.8. The van der Waals surface area contributed by atoms with E-state index in [0.717, 1.165) is 15.6 Å². The number of hydrogen-bond acceptors (Lipinski definition) is 1. The molecule has 2 aromatic rings. The molecule has 1 nitrogen and oxygen atoms in total. The van der Waals surface area contributed by atoms with E-state index in [1.54, 1.807) is 18.2 Å². The highest BCUT2D eigenvalue weighted by molar-refractivity contribution is 9.10. The van der Waals surface area contributed by atoms with Crippen LogP contribution in [0.25, 0.3) is 0 Å². The maximum absolute atomic E-state index is 13.1. The van der Waals surface area contributed by atoms with Crippen LogP contribution in [0.5, 0.6) is 0 Å². The fourth-order valence-electron chi connectivity index (χ4n) is 2.01. The molecule has 0 aliphatic heterocycles. The fraction of sp³-hybridized carbons (Fsp3) is 0.200. The van der Waals surface area contributed by atoms with Gasteiger partial charge in [-0.15, -0.1) is 0 Å². The molecular formula is C15H14BrF2N. The molecular weight excluding hydrogens is 312 g/mol. The second-order valence-corrected chi connectivity index (χ2v) is 5.19. The standard InChI is InChI=1S/C15H14BrF2N/c1-19-15(8-10-2-4-11(17)5-3-10)13-7-6-12(18)9-14(13)16/h2-7,9,15,19H,8H2,1H3. The lowest BCUT2D eigenvalue weighted by Crippen LogP contribution is -2.19. The maximum Gasteiger partial charge on any atom is 0.124 e. The highest BCUT2D eigenvalue weighted by Crippen LogP contribution is 2.26. The van der Waals surface area contributed by atoms with Crippen molar-refractivity contribution in [3.63, 3.8) is 0 Å². The summed E-state index contributed by atoms with van der Waals surface area (Å²) in [5.41, 5.74) is 2.00. The van der Waals surface area contributed by atoms with Crippen molar-refractivity contribution in [3.05, 3.63) is 69.7 Å². The topological polar surface area (TPSA) is 12.0 Å². The predicted molar refractivity (Wildman–Crippen MR) is 76.0 cm³/mol. The Kier molecular flexibility index (Phi) is 4.66. The van der Waals surface area contributed by atoms with Gasteiger partial charge in [0.15, 0.2) is 0 Å². The Morgan fingerprint density at radius 2 is 1.68 bits per heavy atom. The Hall–Kier alpha value is -1.26. The minimum absolute atomic E-state index is 0.0421. The Morgan fingerprint density at radius 3 is 2.26 bits per heavy atom. The first-order chi connectivity index (χ1) is 9.10. The summed E-state index contributed by atoms with van der Waals surface area (Å²) in [5.74, 6) is -0.514. The first kappa shape index (κ1) is 14.2. The summed E-state index contributed by atoms with van der Waals surface area (Å²) in [7, 11) is 1.85. The molecule has 0 saturated carbocycles. The average molecular weight is 326 g/mol. The zero-order valence-corrected chi connectivity index (χ0v) is 12.0. The van der Waals surface area contributed by atoms with E-state index in [-0.39, 0.29) is 17.7 Å². The Morgan fingerprint density at radius 1 is 1.05 bits per heavy atom. The Balaban J connectivity index is 2.22. The number of halogens is 3. The van der Waals surface area contributed by atoms with Crippen molar-refractivity contribution in [2.75, 3.05) is 7.05 Å². The van der Waals surface area contributed by atoms with E-state index >= 15 is 0 Å². The molecule has 1 unspecified atom stereocenters. The number of benzene rings is 2. The molecule has 0 bridgehead atoms. The quantitative estimate of drug-likeness (QED) is 0.887. The molecule has 0 radical (unpaired) electrons. The van der Waals surface area contributed by atoms with E-state index in [1.807, 2.05) is 7.05 Å². The van der Waals surface area contributed by atoms with Crippen molar-refractivity contribution < 1.29 is 8.78 Å². The van der Waals surface area contributed by atoms with Gasteiger partial charge in [0.2, 0.25) is 0 Å². The van der Waals surface area contributed by atoms with Gasteiger partial charge in [0, 0.05) is 10.5 Å². The Bertz CT molecular complexity index is 555. The van der Waals surface area contributed by atoms with E-state index < -0.39 is 0 Å². The van der Waals surface area contributed by atoms with Crippen LogP contribution in [-0.2, 0) is 6.42 Å². The van der Waals surface area contributed by atoms with Crippen LogP contribution in [0.15, 0.2) is 46.9 Å². The summed E-state index contributed by atoms with van der Waals surface area (Å²) < 4.78 is 26.7. The SMILES string of the molecule is CNC(Cc1ccc(F)cc1)c1ccc(F)cc1Br. The van der Waals surface area contributed by atoms with Crippen molar-refractivity contribution in [3.8, 4) is 0 Å². The van der Waals surface area contributed by atoms with Crippen LogP contribution in [0.3, 0.4) is 0 Å². The smallest absolute Gasteiger partial charge is 0.124 e. The molecule has 0 saturated heterocycles. The lowest BCUT2D eigenvalue weighted by atomic mass is 9.99. The minimum Gasteiger partial charge on any atom is -0.313 e. The highest BCUT2D eigenvalue weighted by Gasteiger charge is 2.13. The first-order valence-electron chi connectivity index (χ1n) is 5.97. The molecule has 0 fully saturated rings. The molecule has 19 heavy (non-hydrogen) atoms. The first-order valence-corrected chi connectivity index (χ1v) is 6.76. The van der Waals surface area contributed by atoms with Gasteiger partial charge in [-0.05, 0) is 48.9 Å². The summed E-state index contributed by atoms with van der Waals surface area (Å²) >= 11 is 3.37. The van der Waals surface area contributed by atoms with E-state index in [0.29, 0.717) is 6.42 Å². The van der Waals surface area contributed by atoms with Gasteiger partial charge in [-0.1, -0.05) is 34.1 Å². The van der Waals surface area contributed by atoms with Gasteiger partial charge in [0.05, 0.1) is 0 Å². The van der Waals surface area contributed by atoms with Crippen molar-refractivity contribution in [1.82, 2.24) is 5.32 Å². The van der Waals surface area contributed by atoms with Gasteiger partial charge in [-0.25, -0.2) is 8.78 Å². The fourth-order valence-corrected chi connectivity index (χ4v) is 2.64. The summed E-state index contributed by atoms with van der Waals surface area (Å²) in [6, 6.07) is 11.1. The van der Waals surface area contributed by atoms with E-state index in [2.05, 4.69) is 21.2 Å². The third-order valence-electron chi connectivity index (χ3n) is 3.04. The third-order valence-corrected chi connectivity index (χ3v) is 3.73. The summed E-state index contributed by atoms with van der Waals surface area (Å²) in [6.45, 7) is 0. The van der Waals surface area contributed by atoms with Gasteiger partial charge < -0.3 is 5.32 Å². The number of hydrogen-bond donors (Lipinski definition) is 1. The largest absolute Gasteiger partial charge is 0.313 e. The maximum atomic E-state index is 13.1. The minimum atomic E-state index is -0.271. The van der Waals surface area contributed by atoms with Crippen molar-refractivity contribution in [2.24, 2.45) is 0 Å². The summed E-state index contributed by atoms with van der Waals surface area (Å²) in [5, 5.41) is 3.20. The van der Waals surface area contributed by atoms with Crippen LogP contribution in [-0.4, -0.2) is 7.05 Å². The van der Waals surface area contributed by atoms with Gasteiger partial charge >= 0.3 is 0 Å². The normalized spacial score (nSPS) is 12.4. The lowest BCUT2D eigenvalue weighted by Gasteiger charge is -2.18. The summed E-state index contributed by atoms with van der Waals surface area (Å²) in [4.78, 5) is 0. The number of likely N-dealkylation sites (N-methyl/N-ethyl adjacent to an activating group) is 1. The molecule has 1 atom stereocenters. The number of nitrogens with one attached hydrogen (secondary N) is 1. The second kappa shape index (κ2) is 6.26. The van der Waals surface area contributed by atoms with Crippen LogP contribution in [0.2, 0.25) is 0 Å². The van der Waals surface area contributed by atoms with Crippen LogP contribution in [0.4, 0.5) is 8.78 Å². The molecule has 0 aromatic heterocycles. The third kappa shape index (κ3) is 3.61. The zero-order valence-electron chi connectivity index (χ0n) is 10.5. The van der Waals surface area contributed by atoms with E-state index in [4.69, 9.17) is 0 Å². The van der Waals surface area contributed by atoms with Gasteiger partial charge in [-0.2, -0.15) is 0 Å². The summed E-state index contributed by atoms with van der Waals surface area (Å²) in [6.07, 6.45) is 0.709. The van der Waals surface area contributed by atoms with E-state index in [9.17, 15) is 8.78 Å². The molecule has 0 amide bonds. The molecule has 4 heteroatoms. The van der Waals surface area contributed by atoms with Gasteiger partial charge in [-0.3, -0.25) is 0 Å². The lowest BCUT2D eigenvalue weighted by molar-refractivity contribution is 0.581. The molecule has 2 aromatic carbocycles. The van der Waals surface area contributed by atoms with E-state index in [1.165, 1.54) is 24.3 Å². The molecule has 0 aliphatic rings. The van der Waals surface area contributed by atoms with Crippen LogP contribution >= 0.6 is 15.9 Å². The monoisotopic (exact) mass is 325 g/mol. The number of rotatable bonds is 4. The molecule has 0 aliphatic carbocycles. The van der Waals surface area contributed by atoms with Crippen LogP contribution in [0, 0.1) is 11.6 Å². The van der Waals surface area contributed by atoms with Crippen LogP contribution in [0.1, 0.15) is 17.2 Å². The average Bonchev–Trinajstić information content (AvgIpc) is 2.39. The highest BCUT2D eigenvalue weighted by atomic mass is 79.9. The molecule has 0 spiro atoms. The molecule has 2 rings (SSSR count). The molecule has 1 N–H and O–H groups in total. The second-order valence-electron chi connectivity index (χ2n) is 4.34. The van der Waals surface area contributed by atoms with Gasteiger partial charge in [0.25, 0.3) is 0 Å². The van der Waals surface area contributed by atoms with Crippen molar-refractivity contribution in [1.29, 1.82) is 0 Å². The van der Waals surface area contributed by atoms with Crippen LogP contribution < -0.4 is 5.32 Å². The van der Waals surface area contributed by atoms with Gasteiger partial charge in [0.1, 0.15) is 11.6 Å². The molecule has 100 valence electrons. The van der Waals surface area contributed by atoms with Crippen molar-refractivity contribution >= 4 is 15.9 Å². The van der Waals surface area contributed by atoms with Crippen molar-refractivity contribution in [2.45, 2.75) is 12.5 Å². The predicted octanol–water partition coefficient (Wildman–Crippen LogP) is 4.23.